The minimum atomic E-state index is -0.500. The number of benzene rings is 1. The van der Waals surface area contributed by atoms with Crippen molar-refractivity contribution in [2.45, 2.75) is 44.6 Å². The molecule has 1 saturated carbocycles. The number of hydrogen-bond acceptors (Lipinski definition) is 2. The lowest BCUT2D eigenvalue weighted by molar-refractivity contribution is 0.0713. The molecule has 1 aromatic carbocycles. The van der Waals surface area contributed by atoms with Gasteiger partial charge >= 0.3 is 0 Å². The molecule has 0 atom stereocenters. The molecule has 0 unspecified atom stereocenters. The standard InChI is InChI=1S/C15H21FN2O/c1-18(12-6-4-2-3-5-7-12)15(19)13-10-11(17)8-9-14(13)16/h8-10,12H,2-7,17H2,1H3. The highest BCUT2D eigenvalue weighted by molar-refractivity contribution is 5.95. The number of halogens is 1. The van der Waals surface area contributed by atoms with Crippen LogP contribution in [0.1, 0.15) is 48.9 Å². The van der Waals surface area contributed by atoms with Gasteiger partial charge in [-0.1, -0.05) is 25.7 Å². The molecule has 19 heavy (non-hydrogen) atoms. The van der Waals surface area contributed by atoms with Gasteiger partial charge in [0, 0.05) is 18.8 Å². The minimum absolute atomic E-state index is 0.0757. The lowest BCUT2D eigenvalue weighted by Gasteiger charge is -2.27. The third-order valence-corrected chi connectivity index (χ3v) is 3.91. The van der Waals surface area contributed by atoms with Crippen LogP contribution >= 0.6 is 0 Å². The van der Waals surface area contributed by atoms with Crippen molar-refractivity contribution in [3.05, 3.63) is 29.6 Å². The average molecular weight is 264 g/mol. The summed E-state index contributed by atoms with van der Waals surface area (Å²) in [5.74, 6) is -0.767. The lowest BCUT2D eigenvalue weighted by Crippen LogP contribution is -2.37. The Hall–Kier alpha value is -1.58. The van der Waals surface area contributed by atoms with Crippen molar-refractivity contribution in [2.24, 2.45) is 0 Å². The van der Waals surface area contributed by atoms with Crippen LogP contribution < -0.4 is 5.73 Å². The number of anilines is 1. The molecule has 0 radical (unpaired) electrons. The lowest BCUT2D eigenvalue weighted by atomic mass is 10.1. The van der Waals surface area contributed by atoms with E-state index >= 15 is 0 Å². The van der Waals surface area contributed by atoms with Crippen molar-refractivity contribution >= 4 is 11.6 Å². The highest BCUT2D eigenvalue weighted by atomic mass is 19.1. The predicted molar refractivity (Wildman–Crippen MR) is 74.4 cm³/mol. The molecule has 0 aliphatic heterocycles. The van der Waals surface area contributed by atoms with Gasteiger partial charge < -0.3 is 10.6 Å². The number of rotatable bonds is 2. The summed E-state index contributed by atoms with van der Waals surface area (Å²) < 4.78 is 13.7. The molecular formula is C15H21FN2O. The Morgan fingerprint density at radius 2 is 1.89 bits per heavy atom. The van der Waals surface area contributed by atoms with Crippen LogP contribution in [-0.2, 0) is 0 Å². The van der Waals surface area contributed by atoms with Crippen LogP contribution in [0.15, 0.2) is 18.2 Å². The van der Waals surface area contributed by atoms with Crippen LogP contribution in [-0.4, -0.2) is 23.9 Å². The smallest absolute Gasteiger partial charge is 0.256 e. The molecule has 104 valence electrons. The van der Waals surface area contributed by atoms with E-state index in [9.17, 15) is 9.18 Å². The van der Waals surface area contributed by atoms with Gasteiger partial charge in [-0.2, -0.15) is 0 Å². The van der Waals surface area contributed by atoms with Crippen molar-refractivity contribution in [3.8, 4) is 0 Å². The van der Waals surface area contributed by atoms with Gasteiger partial charge in [-0.3, -0.25) is 4.79 Å². The van der Waals surface area contributed by atoms with Gasteiger partial charge in [0.15, 0.2) is 0 Å². The molecular weight excluding hydrogens is 243 g/mol. The van der Waals surface area contributed by atoms with E-state index in [2.05, 4.69) is 0 Å². The van der Waals surface area contributed by atoms with Gasteiger partial charge in [0.1, 0.15) is 5.82 Å². The topological polar surface area (TPSA) is 46.3 Å². The molecule has 0 heterocycles. The van der Waals surface area contributed by atoms with E-state index < -0.39 is 5.82 Å². The Morgan fingerprint density at radius 3 is 2.53 bits per heavy atom. The van der Waals surface area contributed by atoms with Crippen molar-refractivity contribution in [2.75, 3.05) is 12.8 Å². The van der Waals surface area contributed by atoms with Gasteiger partial charge in [-0.05, 0) is 31.0 Å². The van der Waals surface area contributed by atoms with Crippen LogP contribution in [0.25, 0.3) is 0 Å². The Balaban J connectivity index is 2.15. The summed E-state index contributed by atoms with van der Waals surface area (Å²) in [4.78, 5) is 14.0. The number of hydrogen-bond donors (Lipinski definition) is 1. The normalized spacial score (nSPS) is 16.9. The molecule has 0 saturated heterocycles. The largest absolute Gasteiger partial charge is 0.399 e. The molecule has 1 amide bonds. The summed E-state index contributed by atoms with van der Waals surface area (Å²) in [6.45, 7) is 0. The molecule has 2 N–H and O–H groups in total. The van der Waals surface area contributed by atoms with E-state index in [-0.39, 0.29) is 17.5 Å². The fourth-order valence-corrected chi connectivity index (χ4v) is 2.71. The maximum atomic E-state index is 13.7. The number of nitrogens with zero attached hydrogens (tertiary/aromatic N) is 1. The molecule has 2 rings (SSSR count). The number of carbonyl (C=O) groups excluding carboxylic acids is 1. The van der Waals surface area contributed by atoms with E-state index in [1.165, 1.54) is 31.0 Å². The molecule has 0 spiro atoms. The maximum absolute atomic E-state index is 13.7. The summed E-state index contributed by atoms with van der Waals surface area (Å²) in [7, 11) is 1.76. The molecule has 1 aromatic rings. The fraction of sp³-hybridized carbons (Fsp3) is 0.533. The zero-order valence-electron chi connectivity index (χ0n) is 11.4. The van der Waals surface area contributed by atoms with Gasteiger partial charge in [-0.15, -0.1) is 0 Å². The third kappa shape index (κ3) is 3.25. The highest BCUT2D eigenvalue weighted by Crippen LogP contribution is 2.23. The zero-order valence-corrected chi connectivity index (χ0v) is 11.4. The van der Waals surface area contributed by atoms with Crippen LogP contribution in [0.2, 0.25) is 0 Å². The van der Waals surface area contributed by atoms with E-state index in [4.69, 9.17) is 5.73 Å². The Labute approximate surface area is 113 Å². The van der Waals surface area contributed by atoms with Crippen molar-refractivity contribution in [1.29, 1.82) is 0 Å². The number of amides is 1. The number of nitrogen functional groups attached to an aromatic ring is 1. The first-order valence-electron chi connectivity index (χ1n) is 6.92. The quantitative estimate of drug-likeness (QED) is 0.658. The van der Waals surface area contributed by atoms with E-state index in [0.29, 0.717) is 5.69 Å². The summed E-state index contributed by atoms with van der Waals surface area (Å²) in [5.41, 5.74) is 6.12. The second-order valence-electron chi connectivity index (χ2n) is 5.30. The average Bonchev–Trinajstić information content (AvgIpc) is 2.69. The number of carbonyl (C=O) groups is 1. The number of nitrogens with two attached hydrogens (primary N) is 1. The molecule has 0 aromatic heterocycles. The van der Waals surface area contributed by atoms with Crippen LogP contribution in [0.5, 0.6) is 0 Å². The Morgan fingerprint density at radius 1 is 1.26 bits per heavy atom. The highest BCUT2D eigenvalue weighted by Gasteiger charge is 2.24. The second-order valence-corrected chi connectivity index (χ2v) is 5.30. The van der Waals surface area contributed by atoms with Crippen molar-refractivity contribution < 1.29 is 9.18 Å². The summed E-state index contributed by atoms with van der Waals surface area (Å²) in [5, 5.41) is 0. The van der Waals surface area contributed by atoms with E-state index in [0.717, 1.165) is 25.7 Å². The summed E-state index contributed by atoms with van der Waals surface area (Å²) in [6.07, 6.45) is 6.75. The van der Waals surface area contributed by atoms with E-state index in [1.807, 2.05) is 0 Å². The van der Waals surface area contributed by atoms with Crippen molar-refractivity contribution in [3.63, 3.8) is 0 Å². The van der Waals surface area contributed by atoms with Gasteiger partial charge in [0.05, 0.1) is 5.56 Å². The fourth-order valence-electron chi connectivity index (χ4n) is 2.71. The monoisotopic (exact) mass is 264 g/mol. The SMILES string of the molecule is CN(C(=O)c1cc(N)ccc1F)C1CCCCCC1. The van der Waals surface area contributed by atoms with Crippen LogP contribution in [0, 0.1) is 5.82 Å². The van der Waals surface area contributed by atoms with E-state index in [1.54, 1.807) is 11.9 Å². The first-order valence-corrected chi connectivity index (χ1v) is 6.92. The predicted octanol–water partition coefficient (Wildman–Crippen LogP) is 3.20. The maximum Gasteiger partial charge on any atom is 0.256 e. The molecule has 1 fully saturated rings. The van der Waals surface area contributed by atoms with Crippen molar-refractivity contribution in [1.82, 2.24) is 4.90 Å². The van der Waals surface area contributed by atoms with Gasteiger partial charge in [0.2, 0.25) is 0 Å². The first kappa shape index (κ1) is 13.8. The second kappa shape index (κ2) is 6.04. The van der Waals surface area contributed by atoms with Gasteiger partial charge in [-0.25, -0.2) is 4.39 Å². The third-order valence-electron chi connectivity index (χ3n) is 3.91. The minimum Gasteiger partial charge on any atom is -0.399 e. The van der Waals surface area contributed by atoms with Crippen LogP contribution in [0.4, 0.5) is 10.1 Å². The Bertz CT molecular complexity index is 453. The first-order chi connectivity index (χ1) is 9.09. The molecule has 0 bridgehead atoms. The van der Waals surface area contributed by atoms with Crippen LogP contribution in [0.3, 0.4) is 0 Å². The molecule has 1 aliphatic rings. The Kier molecular flexibility index (Phi) is 4.40. The zero-order chi connectivity index (χ0) is 13.8. The molecule has 4 heteroatoms. The van der Waals surface area contributed by atoms with Gasteiger partial charge in [0.25, 0.3) is 5.91 Å². The molecule has 1 aliphatic carbocycles. The molecule has 3 nitrogen and oxygen atoms in total. The summed E-state index contributed by atoms with van der Waals surface area (Å²) >= 11 is 0. The summed E-state index contributed by atoms with van der Waals surface area (Å²) in [6, 6.07) is 4.36.